The fourth-order valence-corrected chi connectivity index (χ4v) is 4.36. The molecule has 2 aromatic heterocycles. The highest BCUT2D eigenvalue weighted by molar-refractivity contribution is 5.83. The summed E-state index contributed by atoms with van der Waals surface area (Å²) in [5.41, 5.74) is 9.25. The highest BCUT2D eigenvalue weighted by atomic mass is 14.9. The summed E-state index contributed by atoms with van der Waals surface area (Å²) in [4.78, 5) is 12.7. The van der Waals surface area contributed by atoms with Crippen LogP contribution in [0.25, 0.3) is 17.0 Å². The van der Waals surface area contributed by atoms with Crippen LogP contribution in [0.1, 0.15) is 45.8 Å². The standard InChI is InChI=1S/C27H27N3/c1-19-8-13-26-25(16-19)23(18-29-26)6-3-7-27-28-15-14-24(30-27)12-10-20-9-11-21-4-2-5-22(21)17-20/h2,5,8-9,11,13-18,29H,3-4,6-7,10,12H2,1H3. The highest BCUT2D eigenvalue weighted by Crippen LogP contribution is 2.22. The molecule has 0 saturated carbocycles. The van der Waals surface area contributed by atoms with Gasteiger partial charge in [0.1, 0.15) is 5.82 Å². The van der Waals surface area contributed by atoms with E-state index in [-0.39, 0.29) is 0 Å². The van der Waals surface area contributed by atoms with Gasteiger partial charge in [0.15, 0.2) is 0 Å². The Morgan fingerprint density at radius 1 is 0.967 bits per heavy atom. The zero-order valence-electron chi connectivity index (χ0n) is 17.5. The molecule has 30 heavy (non-hydrogen) atoms. The average molecular weight is 394 g/mol. The quantitative estimate of drug-likeness (QED) is 0.431. The molecule has 2 heterocycles. The van der Waals surface area contributed by atoms with Gasteiger partial charge in [0.25, 0.3) is 0 Å². The third-order valence-corrected chi connectivity index (χ3v) is 6.05. The number of hydrogen-bond donors (Lipinski definition) is 1. The molecule has 0 atom stereocenters. The Hall–Kier alpha value is -3.20. The van der Waals surface area contributed by atoms with E-state index in [1.165, 1.54) is 38.7 Å². The van der Waals surface area contributed by atoms with Crippen LogP contribution in [0.3, 0.4) is 0 Å². The molecular formula is C27H27N3. The molecule has 1 aliphatic carbocycles. The molecule has 2 aromatic carbocycles. The van der Waals surface area contributed by atoms with Gasteiger partial charge in [-0.15, -0.1) is 0 Å². The minimum atomic E-state index is 0.913. The van der Waals surface area contributed by atoms with Crippen molar-refractivity contribution < 1.29 is 0 Å². The predicted octanol–water partition coefficient (Wildman–Crippen LogP) is 5.80. The molecule has 1 aliphatic rings. The number of nitrogens with one attached hydrogen (secondary N) is 1. The number of rotatable bonds is 7. The third kappa shape index (κ3) is 4.06. The summed E-state index contributed by atoms with van der Waals surface area (Å²) in [7, 11) is 0. The van der Waals surface area contributed by atoms with Gasteiger partial charge < -0.3 is 4.98 Å². The van der Waals surface area contributed by atoms with Crippen LogP contribution in [0.4, 0.5) is 0 Å². The summed E-state index contributed by atoms with van der Waals surface area (Å²) >= 11 is 0. The minimum absolute atomic E-state index is 0.913. The molecule has 3 nitrogen and oxygen atoms in total. The summed E-state index contributed by atoms with van der Waals surface area (Å²) in [5.74, 6) is 0.959. The molecule has 0 saturated heterocycles. The molecule has 0 radical (unpaired) electrons. The van der Waals surface area contributed by atoms with Crippen molar-refractivity contribution in [3.63, 3.8) is 0 Å². The third-order valence-electron chi connectivity index (χ3n) is 6.05. The van der Waals surface area contributed by atoms with E-state index in [1.54, 1.807) is 0 Å². The summed E-state index contributed by atoms with van der Waals surface area (Å²) in [6.07, 6.45) is 14.6. The normalized spacial score (nSPS) is 12.6. The van der Waals surface area contributed by atoms with Crippen molar-refractivity contribution >= 4 is 17.0 Å². The Morgan fingerprint density at radius 3 is 2.90 bits per heavy atom. The van der Waals surface area contributed by atoms with Crippen molar-refractivity contribution in [3.05, 3.63) is 100 Å². The second-order valence-corrected chi connectivity index (χ2v) is 8.32. The Labute approximate surface area is 177 Å². The SMILES string of the molecule is Cc1ccc2[nH]cc(CCCc3nccc(CCc4ccc5c(c4)C=CC5)n3)c2c1. The van der Waals surface area contributed by atoms with E-state index in [0.29, 0.717) is 0 Å². The maximum atomic E-state index is 4.82. The predicted molar refractivity (Wildman–Crippen MR) is 124 cm³/mol. The lowest BCUT2D eigenvalue weighted by molar-refractivity contribution is 0.757. The van der Waals surface area contributed by atoms with Gasteiger partial charge in [0.2, 0.25) is 0 Å². The van der Waals surface area contributed by atoms with Gasteiger partial charge in [0, 0.05) is 35.4 Å². The maximum Gasteiger partial charge on any atom is 0.128 e. The van der Waals surface area contributed by atoms with E-state index in [9.17, 15) is 0 Å². The Kier molecular flexibility index (Phi) is 5.18. The van der Waals surface area contributed by atoms with Crippen LogP contribution >= 0.6 is 0 Å². The van der Waals surface area contributed by atoms with Gasteiger partial charge >= 0.3 is 0 Å². The average Bonchev–Trinajstić information content (AvgIpc) is 3.39. The van der Waals surface area contributed by atoms with Gasteiger partial charge in [-0.3, -0.25) is 0 Å². The molecule has 1 N–H and O–H groups in total. The first kappa shape index (κ1) is 18.8. The van der Waals surface area contributed by atoms with E-state index in [1.807, 2.05) is 6.20 Å². The largest absolute Gasteiger partial charge is 0.361 e. The van der Waals surface area contributed by atoms with Crippen molar-refractivity contribution in [2.75, 3.05) is 0 Å². The number of hydrogen-bond acceptors (Lipinski definition) is 2. The van der Waals surface area contributed by atoms with Gasteiger partial charge in [-0.25, -0.2) is 9.97 Å². The summed E-state index contributed by atoms with van der Waals surface area (Å²) < 4.78 is 0. The molecule has 4 aromatic rings. The van der Waals surface area contributed by atoms with Crippen molar-refractivity contribution in [3.8, 4) is 0 Å². The number of benzene rings is 2. The number of allylic oxidation sites excluding steroid dienone is 1. The Morgan fingerprint density at radius 2 is 1.93 bits per heavy atom. The van der Waals surface area contributed by atoms with Crippen molar-refractivity contribution in [1.82, 2.24) is 15.0 Å². The van der Waals surface area contributed by atoms with Crippen LogP contribution in [0.5, 0.6) is 0 Å². The lowest BCUT2D eigenvalue weighted by Crippen LogP contribution is -2.02. The molecule has 0 amide bonds. The molecule has 0 bridgehead atoms. The number of aromatic amines is 1. The second-order valence-electron chi connectivity index (χ2n) is 8.32. The molecule has 0 spiro atoms. The van der Waals surface area contributed by atoms with E-state index in [4.69, 9.17) is 4.98 Å². The van der Waals surface area contributed by atoms with E-state index in [0.717, 1.165) is 50.0 Å². The summed E-state index contributed by atoms with van der Waals surface area (Å²) in [5, 5.41) is 1.34. The van der Waals surface area contributed by atoms with Crippen LogP contribution in [0.2, 0.25) is 0 Å². The van der Waals surface area contributed by atoms with Crippen LogP contribution in [0.15, 0.2) is 60.9 Å². The first-order valence-electron chi connectivity index (χ1n) is 10.9. The van der Waals surface area contributed by atoms with Crippen LogP contribution < -0.4 is 0 Å². The second kappa shape index (κ2) is 8.27. The van der Waals surface area contributed by atoms with Gasteiger partial charge in [-0.05, 0) is 79.5 Å². The van der Waals surface area contributed by atoms with Crippen molar-refractivity contribution in [2.45, 2.75) is 45.4 Å². The molecule has 0 aliphatic heterocycles. The number of fused-ring (bicyclic) bond motifs is 2. The molecule has 150 valence electrons. The fourth-order valence-electron chi connectivity index (χ4n) is 4.36. The molecular weight excluding hydrogens is 366 g/mol. The monoisotopic (exact) mass is 393 g/mol. The topological polar surface area (TPSA) is 41.6 Å². The summed E-state index contributed by atoms with van der Waals surface area (Å²) in [6.45, 7) is 2.15. The van der Waals surface area contributed by atoms with Crippen LogP contribution in [-0.2, 0) is 32.1 Å². The maximum absolute atomic E-state index is 4.82. The minimum Gasteiger partial charge on any atom is -0.361 e. The van der Waals surface area contributed by atoms with Gasteiger partial charge in [-0.1, -0.05) is 42.0 Å². The molecule has 0 fully saturated rings. The van der Waals surface area contributed by atoms with Gasteiger partial charge in [0.05, 0.1) is 0 Å². The van der Waals surface area contributed by atoms with E-state index in [2.05, 4.69) is 77.7 Å². The van der Waals surface area contributed by atoms with Crippen molar-refractivity contribution in [1.29, 1.82) is 0 Å². The van der Waals surface area contributed by atoms with Crippen molar-refractivity contribution in [2.24, 2.45) is 0 Å². The number of aromatic nitrogens is 3. The van der Waals surface area contributed by atoms with Crippen LogP contribution in [0, 0.1) is 6.92 Å². The number of aryl methyl sites for hydroxylation is 5. The fraction of sp³-hybridized carbons (Fsp3) is 0.259. The molecule has 3 heteroatoms. The Balaban J connectivity index is 1.18. The highest BCUT2D eigenvalue weighted by Gasteiger charge is 2.08. The number of nitrogens with zero attached hydrogens (tertiary/aromatic N) is 2. The first-order chi connectivity index (χ1) is 14.7. The van der Waals surface area contributed by atoms with Crippen LogP contribution in [-0.4, -0.2) is 15.0 Å². The van der Waals surface area contributed by atoms with E-state index < -0.39 is 0 Å². The smallest absolute Gasteiger partial charge is 0.128 e. The lowest BCUT2D eigenvalue weighted by Gasteiger charge is -2.06. The zero-order chi connectivity index (χ0) is 20.3. The number of H-pyrrole nitrogens is 1. The van der Waals surface area contributed by atoms with E-state index >= 15 is 0 Å². The molecule has 0 unspecified atom stereocenters. The zero-order valence-corrected chi connectivity index (χ0v) is 17.5. The van der Waals surface area contributed by atoms with Gasteiger partial charge in [-0.2, -0.15) is 0 Å². The molecule has 5 rings (SSSR count). The lowest BCUT2D eigenvalue weighted by atomic mass is 10.0. The Bertz CT molecular complexity index is 1220. The first-order valence-corrected chi connectivity index (χ1v) is 10.9. The summed E-state index contributed by atoms with van der Waals surface area (Å²) in [6, 6.07) is 15.5.